The smallest absolute Gasteiger partial charge is 0.222 e. The van der Waals surface area contributed by atoms with Gasteiger partial charge in [-0.15, -0.1) is 0 Å². The van der Waals surface area contributed by atoms with Crippen molar-refractivity contribution in [3.63, 3.8) is 0 Å². The summed E-state index contributed by atoms with van der Waals surface area (Å²) in [5.41, 5.74) is 1.33. The summed E-state index contributed by atoms with van der Waals surface area (Å²) in [5.74, 6) is 2.11. The molecule has 2 saturated heterocycles. The summed E-state index contributed by atoms with van der Waals surface area (Å²) in [6, 6.07) is 8.37. The highest BCUT2D eigenvalue weighted by Crippen LogP contribution is 2.26. The van der Waals surface area contributed by atoms with Crippen molar-refractivity contribution < 1.29 is 9.53 Å². The molecule has 0 aromatic heterocycles. The standard InChI is InChI=1S/C19H28N2O2/c1-23-18-6-3-2-5-17(18)15-16-8-11-20(12-9-16)13-14-21-10-4-7-19(21)22/h2-3,5-6,16H,4,7-15H2,1H3. The maximum Gasteiger partial charge on any atom is 0.222 e. The fourth-order valence-electron chi connectivity index (χ4n) is 3.80. The average Bonchev–Trinajstić information content (AvgIpc) is 3.00. The van der Waals surface area contributed by atoms with Gasteiger partial charge in [0.2, 0.25) is 5.91 Å². The van der Waals surface area contributed by atoms with E-state index < -0.39 is 0 Å². The first kappa shape index (κ1) is 16.3. The Hall–Kier alpha value is -1.55. The van der Waals surface area contributed by atoms with E-state index in [0.29, 0.717) is 5.91 Å². The molecular weight excluding hydrogens is 288 g/mol. The van der Waals surface area contributed by atoms with E-state index in [1.165, 1.54) is 18.4 Å². The molecule has 0 bridgehead atoms. The second-order valence-corrected chi connectivity index (χ2v) is 6.79. The van der Waals surface area contributed by atoms with Crippen LogP contribution in [0.4, 0.5) is 0 Å². The minimum absolute atomic E-state index is 0.344. The Morgan fingerprint density at radius 3 is 2.61 bits per heavy atom. The molecule has 0 N–H and O–H groups in total. The van der Waals surface area contributed by atoms with Gasteiger partial charge in [0.1, 0.15) is 5.75 Å². The van der Waals surface area contributed by atoms with Crippen molar-refractivity contribution in [3.05, 3.63) is 29.8 Å². The summed E-state index contributed by atoms with van der Waals surface area (Å²) in [5, 5.41) is 0. The van der Waals surface area contributed by atoms with Crippen LogP contribution >= 0.6 is 0 Å². The molecule has 4 nitrogen and oxygen atoms in total. The Morgan fingerprint density at radius 1 is 1.13 bits per heavy atom. The zero-order valence-corrected chi connectivity index (χ0v) is 14.2. The molecule has 0 atom stereocenters. The van der Waals surface area contributed by atoms with Gasteiger partial charge in [-0.05, 0) is 56.3 Å². The van der Waals surface area contributed by atoms with Gasteiger partial charge in [0.25, 0.3) is 0 Å². The molecule has 126 valence electrons. The summed E-state index contributed by atoms with van der Waals surface area (Å²) < 4.78 is 5.47. The van der Waals surface area contributed by atoms with Crippen LogP contribution in [0.5, 0.6) is 5.75 Å². The molecule has 1 amide bonds. The van der Waals surface area contributed by atoms with Gasteiger partial charge in [-0.3, -0.25) is 4.79 Å². The third kappa shape index (κ3) is 4.25. The van der Waals surface area contributed by atoms with Gasteiger partial charge in [-0.25, -0.2) is 0 Å². The Balaban J connectivity index is 1.42. The molecule has 1 aromatic carbocycles. The monoisotopic (exact) mass is 316 g/mol. The van der Waals surface area contributed by atoms with Gasteiger partial charge in [0, 0.05) is 26.1 Å². The molecule has 2 aliphatic rings. The zero-order chi connectivity index (χ0) is 16.1. The molecular formula is C19H28N2O2. The number of hydrogen-bond acceptors (Lipinski definition) is 3. The number of rotatable bonds is 6. The lowest BCUT2D eigenvalue weighted by molar-refractivity contribution is -0.127. The normalized spacial score (nSPS) is 20.2. The van der Waals surface area contributed by atoms with Crippen LogP contribution in [0.1, 0.15) is 31.2 Å². The number of piperidine rings is 1. The van der Waals surface area contributed by atoms with Crippen molar-refractivity contribution in [3.8, 4) is 5.75 Å². The first-order valence-electron chi connectivity index (χ1n) is 8.88. The van der Waals surface area contributed by atoms with Crippen molar-refractivity contribution in [2.45, 2.75) is 32.1 Å². The van der Waals surface area contributed by atoms with Crippen molar-refractivity contribution >= 4 is 5.91 Å². The van der Waals surface area contributed by atoms with E-state index in [9.17, 15) is 4.79 Å². The molecule has 2 heterocycles. The quantitative estimate of drug-likeness (QED) is 0.809. The minimum Gasteiger partial charge on any atom is -0.496 e. The van der Waals surface area contributed by atoms with Gasteiger partial charge < -0.3 is 14.5 Å². The van der Waals surface area contributed by atoms with E-state index >= 15 is 0 Å². The largest absolute Gasteiger partial charge is 0.496 e. The molecule has 0 aliphatic carbocycles. The van der Waals surface area contributed by atoms with Crippen LogP contribution in [0.2, 0.25) is 0 Å². The van der Waals surface area contributed by atoms with Crippen LogP contribution in [0, 0.1) is 5.92 Å². The van der Waals surface area contributed by atoms with Gasteiger partial charge in [-0.2, -0.15) is 0 Å². The maximum absolute atomic E-state index is 11.7. The van der Waals surface area contributed by atoms with E-state index in [1.807, 2.05) is 11.0 Å². The summed E-state index contributed by atoms with van der Waals surface area (Å²) in [4.78, 5) is 16.2. The SMILES string of the molecule is COc1ccccc1CC1CCN(CCN2CCCC2=O)CC1. The lowest BCUT2D eigenvalue weighted by Gasteiger charge is -2.33. The van der Waals surface area contributed by atoms with Gasteiger partial charge in [0.15, 0.2) is 0 Å². The van der Waals surface area contributed by atoms with Crippen LogP contribution in [-0.4, -0.2) is 55.5 Å². The molecule has 0 saturated carbocycles. The van der Waals surface area contributed by atoms with Crippen LogP contribution in [0.25, 0.3) is 0 Å². The molecule has 0 radical (unpaired) electrons. The number of carbonyl (C=O) groups is 1. The number of benzene rings is 1. The molecule has 3 rings (SSSR count). The molecule has 4 heteroatoms. The fraction of sp³-hybridized carbons (Fsp3) is 0.632. The van der Waals surface area contributed by atoms with Gasteiger partial charge >= 0.3 is 0 Å². The molecule has 2 fully saturated rings. The minimum atomic E-state index is 0.344. The van der Waals surface area contributed by atoms with E-state index in [-0.39, 0.29) is 0 Å². The summed E-state index contributed by atoms with van der Waals surface area (Å²) in [6.45, 7) is 5.22. The predicted molar refractivity (Wildman–Crippen MR) is 91.7 cm³/mol. The second-order valence-electron chi connectivity index (χ2n) is 6.79. The Kier molecular flexibility index (Phi) is 5.55. The van der Waals surface area contributed by atoms with Crippen LogP contribution in [0.3, 0.4) is 0 Å². The molecule has 2 aliphatic heterocycles. The number of ether oxygens (including phenoxy) is 1. The van der Waals surface area contributed by atoms with E-state index in [2.05, 4.69) is 23.1 Å². The maximum atomic E-state index is 11.7. The van der Waals surface area contributed by atoms with Crippen molar-refractivity contribution in [1.82, 2.24) is 9.80 Å². The average molecular weight is 316 g/mol. The Labute approximate surface area is 139 Å². The highest BCUT2D eigenvalue weighted by Gasteiger charge is 2.23. The first-order chi connectivity index (χ1) is 11.3. The van der Waals surface area contributed by atoms with Crippen LogP contribution < -0.4 is 4.74 Å². The number of para-hydroxylation sites is 1. The van der Waals surface area contributed by atoms with Crippen molar-refractivity contribution in [1.29, 1.82) is 0 Å². The zero-order valence-electron chi connectivity index (χ0n) is 14.2. The number of amides is 1. The number of carbonyl (C=O) groups excluding carboxylic acids is 1. The lowest BCUT2D eigenvalue weighted by Crippen LogP contribution is -2.40. The van der Waals surface area contributed by atoms with Crippen LogP contribution in [-0.2, 0) is 11.2 Å². The first-order valence-corrected chi connectivity index (χ1v) is 8.88. The summed E-state index contributed by atoms with van der Waals surface area (Å²) in [7, 11) is 1.75. The highest BCUT2D eigenvalue weighted by atomic mass is 16.5. The third-order valence-corrected chi connectivity index (χ3v) is 5.27. The molecule has 0 spiro atoms. The van der Waals surface area contributed by atoms with E-state index in [1.54, 1.807) is 7.11 Å². The van der Waals surface area contributed by atoms with E-state index in [4.69, 9.17) is 4.74 Å². The molecule has 23 heavy (non-hydrogen) atoms. The Bertz CT molecular complexity index is 524. The lowest BCUT2D eigenvalue weighted by atomic mass is 9.90. The fourth-order valence-corrected chi connectivity index (χ4v) is 3.80. The molecule has 0 unspecified atom stereocenters. The van der Waals surface area contributed by atoms with Crippen molar-refractivity contribution in [2.75, 3.05) is 39.8 Å². The van der Waals surface area contributed by atoms with Gasteiger partial charge in [-0.1, -0.05) is 18.2 Å². The number of nitrogens with zero attached hydrogens (tertiary/aromatic N) is 2. The summed E-state index contributed by atoms with van der Waals surface area (Å²) in [6.07, 6.45) is 5.39. The van der Waals surface area contributed by atoms with Crippen molar-refractivity contribution in [2.24, 2.45) is 5.92 Å². The Morgan fingerprint density at radius 2 is 1.91 bits per heavy atom. The van der Waals surface area contributed by atoms with Crippen LogP contribution in [0.15, 0.2) is 24.3 Å². The second kappa shape index (κ2) is 7.82. The topological polar surface area (TPSA) is 32.8 Å². The third-order valence-electron chi connectivity index (χ3n) is 5.27. The molecule has 1 aromatic rings. The summed E-state index contributed by atoms with van der Waals surface area (Å²) >= 11 is 0. The predicted octanol–water partition coefficient (Wildman–Crippen LogP) is 2.57. The van der Waals surface area contributed by atoms with E-state index in [0.717, 1.165) is 63.7 Å². The number of hydrogen-bond donors (Lipinski definition) is 0. The highest BCUT2D eigenvalue weighted by molar-refractivity contribution is 5.78. The number of methoxy groups -OCH3 is 1. The van der Waals surface area contributed by atoms with Gasteiger partial charge in [0.05, 0.1) is 7.11 Å². The number of likely N-dealkylation sites (tertiary alicyclic amines) is 2.